The van der Waals surface area contributed by atoms with Crippen molar-refractivity contribution < 1.29 is 9.47 Å². The zero-order chi connectivity index (χ0) is 22.7. The molecule has 2 atom stereocenters. The Morgan fingerprint density at radius 2 is 1.91 bits per heavy atom. The fraction of sp³-hybridized carbons (Fsp3) is 0.360. The standard InChI is InChI=1S/C25H30N4O2S/c1-5-31-20-11-9-19(10-12-20)29-24(21-16-17(2)28(18(21)3)14-15-30-4)23(27-25(29)32)22-8-6-7-13-26-22/h6-13,16,23-24H,5,14-15H2,1-4H3,(H,27,32). The number of nitrogens with zero attached hydrogens (tertiary/aromatic N) is 3. The van der Waals surface area contributed by atoms with Crippen LogP contribution in [0, 0.1) is 13.8 Å². The summed E-state index contributed by atoms with van der Waals surface area (Å²) in [7, 11) is 1.74. The van der Waals surface area contributed by atoms with Gasteiger partial charge in [-0.25, -0.2) is 0 Å². The lowest BCUT2D eigenvalue weighted by Crippen LogP contribution is -2.29. The van der Waals surface area contributed by atoms with Crippen LogP contribution < -0.4 is 15.0 Å². The van der Waals surface area contributed by atoms with Crippen molar-refractivity contribution in [3.8, 4) is 5.75 Å². The molecule has 0 bridgehead atoms. The van der Waals surface area contributed by atoms with Crippen LogP contribution in [0.15, 0.2) is 54.7 Å². The van der Waals surface area contributed by atoms with E-state index in [-0.39, 0.29) is 12.1 Å². The SMILES string of the molecule is CCOc1ccc(N2C(=S)NC(c3ccccn3)C2c2cc(C)n(CCOC)c2C)cc1. The molecule has 0 spiro atoms. The van der Waals surface area contributed by atoms with Gasteiger partial charge in [-0.15, -0.1) is 0 Å². The van der Waals surface area contributed by atoms with Crippen molar-refractivity contribution in [3.05, 3.63) is 77.4 Å². The van der Waals surface area contributed by atoms with E-state index in [2.05, 4.69) is 57.9 Å². The van der Waals surface area contributed by atoms with Crippen LogP contribution in [0.5, 0.6) is 5.75 Å². The van der Waals surface area contributed by atoms with E-state index in [0.717, 1.165) is 23.7 Å². The van der Waals surface area contributed by atoms with E-state index in [4.69, 9.17) is 21.7 Å². The highest BCUT2D eigenvalue weighted by molar-refractivity contribution is 7.80. The molecule has 0 saturated carbocycles. The van der Waals surface area contributed by atoms with Crippen LogP contribution in [-0.2, 0) is 11.3 Å². The second-order valence-corrected chi connectivity index (χ2v) is 8.28. The predicted molar refractivity (Wildman–Crippen MR) is 131 cm³/mol. The fourth-order valence-electron chi connectivity index (χ4n) is 4.47. The van der Waals surface area contributed by atoms with Gasteiger partial charge in [-0.1, -0.05) is 6.07 Å². The van der Waals surface area contributed by atoms with Crippen molar-refractivity contribution in [2.24, 2.45) is 0 Å². The quantitative estimate of drug-likeness (QED) is 0.501. The highest BCUT2D eigenvalue weighted by atomic mass is 32.1. The van der Waals surface area contributed by atoms with Crippen LogP contribution in [-0.4, -0.2) is 35.0 Å². The molecule has 1 saturated heterocycles. The van der Waals surface area contributed by atoms with Crippen molar-refractivity contribution in [1.82, 2.24) is 14.9 Å². The number of pyridine rings is 1. The van der Waals surface area contributed by atoms with Crippen molar-refractivity contribution in [1.29, 1.82) is 0 Å². The molecule has 2 aromatic heterocycles. The van der Waals surface area contributed by atoms with E-state index in [9.17, 15) is 0 Å². The molecular formula is C25H30N4O2S. The minimum absolute atomic E-state index is 0.0298. The van der Waals surface area contributed by atoms with Crippen LogP contribution in [0.3, 0.4) is 0 Å². The third kappa shape index (κ3) is 4.23. The summed E-state index contributed by atoms with van der Waals surface area (Å²) >= 11 is 5.84. The molecule has 7 heteroatoms. The number of rotatable bonds is 8. The maximum atomic E-state index is 5.84. The van der Waals surface area contributed by atoms with Crippen molar-refractivity contribution in [3.63, 3.8) is 0 Å². The predicted octanol–water partition coefficient (Wildman–Crippen LogP) is 4.72. The summed E-state index contributed by atoms with van der Waals surface area (Å²) in [6.07, 6.45) is 1.83. The molecule has 2 unspecified atom stereocenters. The second-order valence-electron chi connectivity index (χ2n) is 7.89. The molecule has 1 aliphatic rings. The van der Waals surface area contributed by atoms with Gasteiger partial charge in [0.05, 0.1) is 31.0 Å². The van der Waals surface area contributed by atoms with Gasteiger partial charge >= 0.3 is 0 Å². The first kappa shape index (κ1) is 22.3. The van der Waals surface area contributed by atoms with Crippen molar-refractivity contribution in [2.45, 2.75) is 39.4 Å². The number of aryl methyl sites for hydroxylation is 1. The Labute approximate surface area is 195 Å². The molecule has 4 rings (SSSR count). The topological polar surface area (TPSA) is 51.5 Å². The zero-order valence-electron chi connectivity index (χ0n) is 19.0. The Morgan fingerprint density at radius 1 is 1.12 bits per heavy atom. The molecule has 168 valence electrons. The summed E-state index contributed by atoms with van der Waals surface area (Å²) in [5, 5.41) is 4.23. The van der Waals surface area contributed by atoms with E-state index in [0.29, 0.717) is 18.3 Å². The molecule has 0 aliphatic carbocycles. The number of benzene rings is 1. The maximum absolute atomic E-state index is 5.84. The lowest BCUT2D eigenvalue weighted by Gasteiger charge is -2.28. The summed E-state index contributed by atoms with van der Waals surface area (Å²) in [6.45, 7) is 8.43. The molecule has 0 amide bonds. The minimum Gasteiger partial charge on any atom is -0.494 e. The van der Waals surface area contributed by atoms with Gasteiger partial charge in [0.1, 0.15) is 5.75 Å². The molecule has 1 fully saturated rings. The van der Waals surface area contributed by atoms with Crippen molar-refractivity contribution in [2.75, 3.05) is 25.2 Å². The Morgan fingerprint density at radius 3 is 2.56 bits per heavy atom. The van der Waals surface area contributed by atoms with Gasteiger partial charge in [0, 0.05) is 36.9 Å². The number of thiocarbonyl (C=S) groups is 1. The molecule has 3 aromatic rings. The Hall–Kier alpha value is -2.90. The first-order valence-electron chi connectivity index (χ1n) is 10.9. The smallest absolute Gasteiger partial charge is 0.174 e. The molecule has 0 radical (unpaired) electrons. The molecular weight excluding hydrogens is 420 g/mol. The van der Waals surface area contributed by atoms with Gasteiger partial charge in [-0.3, -0.25) is 4.98 Å². The third-order valence-electron chi connectivity index (χ3n) is 5.97. The summed E-state index contributed by atoms with van der Waals surface area (Å²) in [5.41, 5.74) is 5.65. The summed E-state index contributed by atoms with van der Waals surface area (Å²) in [4.78, 5) is 6.85. The van der Waals surface area contributed by atoms with Gasteiger partial charge in [0.2, 0.25) is 0 Å². The number of hydrogen-bond acceptors (Lipinski definition) is 4. The lowest BCUT2D eigenvalue weighted by molar-refractivity contribution is 0.186. The summed E-state index contributed by atoms with van der Waals surface area (Å²) in [6, 6.07) is 16.3. The zero-order valence-corrected chi connectivity index (χ0v) is 19.9. The van der Waals surface area contributed by atoms with E-state index in [1.807, 2.05) is 37.4 Å². The average molecular weight is 451 g/mol. The van der Waals surface area contributed by atoms with Gasteiger partial charge in [0.25, 0.3) is 0 Å². The average Bonchev–Trinajstić information content (AvgIpc) is 3.29. The Kier molecular flexibility index (Phi) is 6.77. The number of hydrogen-bond donors (Lipinski definition) is 1. The molecule has 1 N–H and O–H groups in total. The first-order chi connectivity index (χ1) is 15.5. The Bertz CT molecular complexity index is 1070. The first-order valence-corrected chi connectivity index (χ1v) is 11.3. The Balaban J connectivity index is 1.80. The number of ether oxygens (including phenoxy) is 2. The largest absolute Gasteiger partial charge is 0.494 e. The fourth-order valence-corrected chi connectivity index (χ4v) is 4.82. The van der Waals surface area contributed by atoms with Gasteiger partial charge in [-0.05, 0) is 81.0 Å². The summed E-state index contributed by atoms with van der Waals surface area (Å²) in [5.74, 6) is 0.852. The van der Waals surface area contributed by atoms with Crippen molar-refractivity contribution >= 4 is 23.0 Å². The van der Waals surface area contributed by atoms with Gasteiger partial charge in [-0.2, -0.15) is 0 Å². The van der Waals surface area contributed by atoms with Gasteiger partial charge < -0.3 is 24.3 Å². The number of methoxy groups -OCH3 is 1. The molecule has 1 aliphatic heterocycles. The third-order valence-corrected chi connectivity index (χ3v) is 6.29. The molecule has 6 nitrogen and oxygen atoms in total. The van der Waals surface area contributed by atoms with Crippen LogP contribution in [0.4, 0.5) is 5.69 Å². The number of nitrogens with one attached hydrogen (secondary N) is 1. The highest BCUT2D eigenvalue weighted by Crippen LogP contribution is 2.43. The highest BCUT2D eigenvalue weighted by Gasteiger charge is 2.42. The molecule has 1 aromatic carbocycles. The lowest BCUT2D eigenvalue weighted by atomic mass is 9.96. The van der Waals surface area contributed by atoms with Crippen LogP contribution >= 0.6 is 12.2 Å². The van der Waals surface area contributed by atoms with Crippen LogP contribution in [0.2, 0.25) is 0 Å². The van der Waals surface area contributed by atoms with Crippen LogP contribution in [0.25, 0.3) is 0 Å². The maximum Gasteiger partial charge on any atom is 0.174 e. The van der Waals surface area contributed by atoms with Gasteiger partial charge in [0.15, 0.2) is 5.11 Å². The normalized spacial score (nSPS) is 18.1. The monoisotopic (exact) mass is 450 g/mol. The molecule has 32 heavy (non-hydrogen) atoms. The van der Waals surface area contributed by atoms with E-state index in [1.165, 1.54) is 17.0 Å². The van der Waals surface area contributed by atoms with E-state index < -0.39 is 0 Å². The van der Waals surface area contributed by atoms with E-state index in [1.54, 1.807) is 7.11 Å². The minimum atomic E-state index is -0.0633. The van der Waals surface area contributed by atoms with E-state index >= 15 is 0 Å². The second kappa shape index (κ2) is 9.71. The summed E-state index contributed by atoms with van der Waals surface area (Å²) < 4.78 is 13.3. The number of anilines is 1. The molecule has 3 heterocycles. The van der Waals surface area contributed by atoms with Crippen LogP contribution in [0.1, 0.15) is 41.7 Å². The number of aromatic nitrogens is 2.